The van der Waals surface area contributed by atoms with Crippen molar-refractivity contribution < 1.29 is 0 Å². The van der Waals surface area contributed by atoms with E-state index < -0.39 is 33.4 Å². The third-order valence-electron chi connectivity index (χ3n) is 5.27. The Kier molecular flexibility index (Phi) is 9.71. The van der Waals surface area contributed by atoms with Crippen LogP contribution in [0.2, 0.25) is 0 Å². The molecular weight excluding hydrogens is 474 g/mol. The van der Waals surface area contributed by atoms with Crippen LogP contribution in [-0.2, 0) is 0 Å². The lowest BCUT2D eigenvalue weighted by Gasteiger charge is -2.23. The minimum absolute atomic E-state index is 0.200. The summed E-state index contributed by atoms with van der Waals surface area (Å²) in [5.41, 5.74) is -2.55. The van der Waals surface area contributed by atoms with E-state index in [1.54, 1.807) is 105 Å². The molecule has 0 amide bonds. The van der Waals surface area contributed by atoms with Crippen LogP contribution >= 0.6 is 0 Å². The number of hydrogen-bond acceptors (Lipinski definition) is 9. The van der Waals surface area contributed by atoms with Crippen LogP contribution in [0.25, 0.3) is 5.57 Å². The summed E-state index contributed by atoms with van der Waals surface area (Å²) in [6.45, 7) is 0. The van der Waals surface area contributed by atoms with Gasteiger partial charge in [0.15, 0.2) is 0 Å². The van der Waals surface area contributed by atoms with Gasteiger partial charge in [-0.2, -0.15) is 42.1 Å². The van der Waals surface area contributed by atoms with E-state index >= 15 is 0 Å². The summed E-state index contributed by atoms with van der Waals surface area (Å²) in [7, 11) is 3.59. The summed E-state index contributed by atoms with van der Waals surface area (Å²) in [5, 5.41) is 78.8. The molecule has 1 aliphatic carbocycles. The molecule has 0 N–H and O–H groups in total. The highest BCUT2D eigenvalue weighted by Gasteiger charge is 2.34. The molecule has 1 fully saturated rings. The number of rotatable bonds is 6. The second-order valence-corrected chi connectivity index (χ2v) is 7.51. The fraction of sp³-hybridized carbons (Fsp3) is 0.0690. The van der Waals surface area contributed by atoms with E-state index in [1.165, 1.54) is 12.8 Å². The molecule has 0 atom stereocenters. The molecular formula is C29H14N9. The van der Waals surface area contributed by atoms with Crippen molar-refractivity contribution in [2.24, 2.45) is 0 Å². The van der Waals surface area contributed by atoms with E-state index in [9.17, 15) is 42.1 Å². The van der Waals surface area contributed by atoms with Crippen LogP contribution < -0.4 is 4.90 Å². The van der Waals surface area contributed by atoms with E-state index in [2.05, 4.69) is 0 Å². The standard InChI is InChI=1S/C29H14N9/c1-38(2)25-9-7-20(8-10-25)27(22(13-32)14-33)29(24(17-36)18-37)28(23(15-34)16-35)26(21(11-30)12-31)19-5-3-4-6-19/h3-10H,1-2H3. The average molecular weight is 488 g/mol. The maximum atomic E-state index is 9.92. The minimum Gasteiger partial charge on any atom is -0.378 e. The molecule has 0 heterocycles. The summed E-state index contributed by atoms with van der Waals surface area (Å²) in [6.07, 6.45) is 6.20. The molecule has 0 aliphatic heterocycles. The highest BCUT2D eigenvalue weighted by molar-refractivity contribution is 5.95. The molecule has 1 aliphatic rings. The first-order valence-corrected chi connectivity index (χ1v) is 10.6. The topological polar surface area (TPSA) is 194 Å². The third-order valence-corrected chi connectivity index (χ3v) is 5.27. The van der Waals surface area contributed by atoms with Gasteiger partial charge in [0.1, 0.15) is 70.8 Å². The highest BCUT2D eigenvalue weighted by Crippen LogP contribution is 2.45. The Morgan fingerprint density at radius 1 is 0.526 bits per heavy atom. The zero-order valence-electron chi connectivity index (χ0n) is 20.1. The Hall–Kier alpha value is -6.10. The zero-order chi connectivity index (χ0) is 28.2. The lowest BCUT2D eigenvalue weighted by atomic mass is 9.76. The van der Waals surface area contributed by atoms with Crippen molar-refractivity contribution in [2.45, 2.75) is 0 Å². The monoisotopic (exact) mass is 488 g/mol. The second kappa shape index (κ2) is 13.1. The molecule has 38 heavy (non-hydrogen) atoms. The fourth-order valence-corrected chi connectivity index (χ4v) is 3.59. The molecule has 5 radical (unpaired) electrons. The molecule has 1 aromatic carbocycles. The molecule has 0 saturated heterocycles. The largest absolute Gasteiger partial charge is 0.378 e. The van der Waals surface area contributed by atoms with E-state index in [0.717, 1.165) is 5.69 Å². The Morgan fingerprint density at radius 2 is 0.895 bits per heavy atom. The molecule has 0 unspecified atom stereocenters. The van der Waals surface area contributed by atoms with Crippen LogP contribution in [0.4, 0.5) is 5.69 Å². The summed E-state index contributed by atoms with van der Waals surface area (Å²) in [5.74, 6) is 0.242. The maximum absolute atomic E-state index is 9.92. The molecule has 1 saturated carbocycles. The molecule has 0 spiro atoms. The Bertz CT molecular complexity index is 1540. The van der Waals surface area contributed by atoms with Crippen molar-refractivity contribution in [2.75, 3.05) is 19.0 Å². The second-order valence-electron chi connectivity index (χ2n) is 7.51. The molecule has 9 nitrogen and oxygen atoms in total. The lowest BCUT2D eigenvalue weighted by molar-refractivity contribution is 1.13. The molecule has 1 aromatic rings. The fourth-order valence-electron chi connectivity index (χ4n) is 3.59. The SMILES string of the molecule is CN(C)c1ccc(C(=C(C#N)C#N)C(=C(C#N)C#N)C(=C(C#N)C#N)C([C]2[CH][CH][CH][CH]2)=C(C#N)C#N)cc1. The third kappa shape index (κ3) is 5.58. The normalized spacial score (nSPS) is 11.2. The van der Waals surface area contributed by atoms with Crippen molar-refractivity contribution in [3.05, 3.63) is 100 Å². The van der Waals surface area contributed by atoms with E-state index in [0.29, 0.717) is 0 Å². The number of hydrogen-bond donors (Lipinski definition) is 0. The van der Waals surface area contributed by atoms with Crippen molar-refractivity contribution in [1.29, 1.82) is 42.1 Å². The van der Waals surface area contributed by atoms with Gasteiger partial charge < -0.3 is 4.90 Å². The number of anilines is 1. The molecule has 2 rings (SSSR count). The first-order valence-electron chi connectivity index (χ1n) is 10.6. The van der Waals surface area contributed by atoms with Crippen LogP contribution in [0.1, 0.15) is 5.56 Å². The summed E-state index contributed by atoms with van der Waals surface area (Å²) >= 11 is 0. The number of allylic oxidation sites excluding steroid dienone is 8. The highest BCUT2D eigenvalue weighted by atomic mass is 15.1. The lowest BCUT2D eigenvalue weighted by Crippen LogP contribution is -2.12. The first kappa shape index (κ1) is 28.1. The van der Waals surface area contributed by atoms with Crippen LogP contribution in [-0.4, -0.2) is 14.1 Å². The van der Waals surface area contributed by atoms with Crippen LogP contribution in [0.15, 0.2) is 63.3 Å². The van der Waals surface area contributed by atoms with Gasteiger partial charge in [0.05, 0.1) is 0 Å². The summed E-state index contributed by atoms with van der Waals surface area (Å²) in [6, 6.07) is 20.2. The Labute approximate surface area is 221 Å². The van der Waals surface area contributed by atoms with Crippen LogP contribution in [0.5, 0.6) is 0 Å². The Morgan fingerprint density at radius 3 is 1.26 bits per heavy atom. The van der Waals surface area contributed by atoms with Gasteiger partial charge >= 0.3 is 0 Å². The number of benzene rings is 1. The number of nitriles is 8. The van der Waals surface area contributed by atoms with Gasteiger partial charge in [0.2, 0.25) is 0 Å². The average Bonchev–Trinajstić information content (AvgIpc) is 3.47. The van der Waals surface area contributed by atoms with Crippen molar-refractivity contribution in [3.8, 4) is 48.6 Å². The van der Waals surface area contributed by atoms with Gasteiger partial charge in [-0.05, 0) is 49.0 Å². The molecule has 0 bridgehead atoms. The predicted molar refractivity (Wildman–Crippen MR) is 134 cm³/mol. The Balaban J connectivity index is 3.27. The van der Waals surface area contributed by atoms with E-state index in [4.69, 9.17) is 0 Å². The van der Waals surface area contributed by atoms with Gasteiger partial charge in [-0.15, -0.1) is 0 Å². The maximum Gasteiger partial charge on any atom is 0.138 e. The summed E-state index contributed by atoms with van der Waals surface area (Å²) < 4.78 is 0. The molecule has 9 heteroatoms. The van der Waals surface area contributed by atoms with Crippen LogP contribution in [0, 0.1) is 122 Å². The van der Waals surface area contributed by atoms with E-state index in [1.807, 2.05) is 0 Å². The van der Waals surface area contributed by atoms with Gasteiger partial charge in [0, 0.05) is 42.4 Å². The summed E-state index contributed by atoms with van der Waals surface area (Å²) in [4.78, 5) is 1.80. The molecule has 0 aromatic heterocycles. The first-order chi connectivity index (χ1) is 18.4. The number of nitrogens with zero attached hydrogens (tertiary/aromatic N) is 9. The minimum atomic E-state index is -0.642. The van der Waals surface area contributed by atoms with Crippen LogP contribution in [0.3, 0.4) is 0 Å². The van der Waals surface area contributed by atoms with Gasteiger partial charge in [-0.1, -0.05) is 12.1 Å². The van der Waals surface area contributed by atoms with E-state index in [-0.39, 0.29) is 22.6 Å². The smallest absolute Gasteiger partial charge is 0.138 e. The molecule has 175 valence electrons. The zero-order valence-corrected chi connectivity index (χ0v) is 20.1. The predicted octanol–water partition coefficient (Wildman–Crippen LogP) is 3.99. The van der Waals surface area contributed by atoms with Crippen molar-refractivity contribution >= 4 is 11.3 Å². The van der Waals surface area contributed by atoms with Crippen molar-refractivity contribution in [3.63, 3.8) is 0 Å². The quantitative estimate of drug-likeness (QED) is 0.420. The van der Waals surface area contributed by atoms with Gasteiger partial charge in [-0.25, -0.2) is 0 Å². The van der Waals surface area contributed by atoms with Gasteiger partial charge in [0.25, 0.3) is 0 Å². The van der Waals surface area contributed by atoms with Crippen molar-refractivity contribution in [1.82, 2.24) is 0 Å². The van der Waals surface area contributed by atoms with Gasteiger partial charge in [-0.3, -0.25) is 0 Å².